The molecule has 0 saturated carbocycles. The molecule has 6 nitrogen and oxygen atoms in total. The molecule has 28 heavy (non-hydrogen) atoms. The van der Waals surface area contributed by atoms with Crippen LogP contribution in [0.2, 0.25) is 0 Å². The Kier molecular flexibility index (Phi) is 3.80. The van der Waals surface area contributed by atoms with Crippen LogP contribution in [0.4, 0.5) is 8.78 Å². The summed E-state index contributed by atoms with van der Waals surface area (Å²) in [5.74, 6) is -0.557. The van der Waals surface area contributed by atoms with Crippen LogP contribution in [0.15, 0.2) is 48.7 Å². The van der Waals surface area contributed by atoms with Gasteiger partial charge in [-0.05, 0) is 17.7 Å². The molecule has 1 spiro atoms. The van der Waals surface area contributed by atoms with E-state index in [-0.39, 0.29) is 24.1 Å². The Morgan fingerprint density at radius 3 is 2.71 bits per heavy atom. The number of hydrogen-bond donors (Lipinski definition) is 0. The maximum atomic E-state index is 13.2. The lowest BCUT2D eigenvalue weighted by molar-refractivity contribution is -0.138. The first kappa shape index (κ1) is 17.4. The van der Waals surface area contributed by atoms with Crippen LogP contribution < -0.4 is 0 Å². The molecule has 0 N–H and O–H groups in total. The molecule has 4 heterocycles. The van der Waals surface area contributed by atoms with Crippen LogP contribution in [0.1, 0.15) is 41.5 Å². The fourth-order valence-corrected chi connectivity index (χ4v) is 4.80. The van der Waals surface area contributed by atoms with Gasteiger partial charge in [-0.3, -0.25) is 14.2 Å². The topological polar surface area (TPSA) is 54.8 Å². The van der Waals surface area contributed by atoms with E-state index in [0.29, 0.717) is 24.1 Å². The average molecular weight is 387 g/mol. The van der Waals surface area contributed by atoms with Crippen molar-refractivity contribution in [2.75, 3.05) is 13.1 Å². The quantitative estimate of drug-likeness (QED) is 0.814. The van der Waals surface area contributed by atoms with Gasteiger partial charge in [-0.2, -0.15) is 8.78 Å². The summed E-state index contributed by atoms with van der Waals surface area (Å²) in [6.07, 6.45) is 1.57. The molecule has 5 rings (SSSR count). The Balaban J connectivity index is 1.45. The summed E-state index contributed by atoms with van der Waals surface area (Å²) in [6, 6.07) is 12.0. The largest absolute Gasteiger partial charge is 0.343 e. The molecule has 3 aliphatic heterocycles. The maximum Gasteiger partial charge on any atom is 0.319 e. The van der Waals surface area contributed by atoms with Crippen LogP contribution in [0.25, 0.3) is 0 Å². The summed E-state index contributed by atoms with van der Waals surface area (Å²) in [4.78, 5) is 28.9. The third kappa shape index (κ3) is 2.33. The summed E-state index contributed by atoms with van der Waals surface area (Å²) in [6.45, 7) is -1.99. The first-order valence-corrected chi connectivity index (χ1v) is 9.30. The lowest BCUT2D eigenvalue weighted by atomic mass is 10.1. The Morgan fingerprint density at radius 1 is 1.18 bits per heavy atom. The van der Waals surface area contributed by atoms with Crippen LogP contribution >= 0.6 is 0 Å². The van der Waals surface area contributed by atoms with E-state index in [4.69, 9.17) is 4.74 Å². The van der Waals surface area contributed by atoms with Gasteiger partial charge in [0.1, 0.15) is 11.8 Å². The number of rotatable bonds is 3. The van der Waals surface area contributed by atoms with Crippen molar-refractivity contribution in [1.29, 1.82) is 0 Å². The SMILES string of the molecule is O=C(c1cccn1C(F)F)N1CC[C@@]23O[C@@H](c4ccccc4)CN2C(=O)C[C@@H]13. The normalized spacial score (nSPS) is 28.9. The van der Waals surface area contributed by atoms with Crippen molar-refractivity contribution >= 4 is 11.8 Å². The first-order chi connectivity index (χ1) is 13.5. The standard InChI is InChI=1S/C20H19F2N3O3/c21-19(22)23-9-4-7-14(23)18(27)24-10-8-20-16(24)11-17(26)25(20)12-15(28-20)13-5-2-1-3-6-13/h1-7,9,15-16,19H,8,10-12H2/t15-,16-,20+/m1/s1. The molecule has 2 amide bonds. The second-order valence-electron chi connectivity index (χ2n) is 7.41. The predicted octanol–water partition coefficient (Wildman–Crippen LogP) is 2.80. The van der Waals surface area contributed by atoms with Crippen LogP contribution in [-0.4, -0.2) is 51.0 Å². The zero-order valence-corrected chi connectivity index (χ0v) is 15.0. The highest BCUT2D eigenvalue weighted by Crippen LogP contribution is 2.50. The second-order valence-corrected chi connectivity index (χ2v) is 7.41. The molecule has 1 aromatic heterocycles. The highest BCUT2D eigenvalue weighted by Gasteiger charge is 2.65. The number of carbonyl (C=O) groups excluding carboxylic acids is 2. The number of amides is 2. The van der Waals surface area contributed by atoms with E-state index in [2.05, 4.69) is 0 Å². The molecule has 146 valence electrons. The molecule has 0 unspecified atom stereocenters. The molecule has 8 heteroatoms. The molecule has 3 aliphatic rings. The third-order valence-corrected chi connectivity index (χ3v) is 6.07. The highest BCUT2D eigenvalue weighted by atomic mass is 19.3. The second kappa shape index (κ2) is 6.13. The molecule has 2 aromatic rings. The molecule has 1 aromatic carbocycles. The number of carbonyl (C=O) groups is 2. The Morgan fingerprint density at radius 2 is 1.96 bits per heavy atom. The lowest BCUT2D eigenvalue weighted by Gasteiger charge is -2.32. The smallest absolute Gasteiger partial charge is 0.319 e. The summed E-state index contributed by atoms with van der Waals surface area (Å²) in [7, 11) is 0. The minimum atomic E-state index is -2.79. The van der Waals surface area contributed by atoms with E-state index in [1.54, 1.807) is 4.90 Å². The number of aromatic nitrogens is 1. The van der Waals surface area contributed by atoms with Crippen molar-refractivity contribution in [1.82, 2.24) is 14.4 Å². The number of hydrogen-bond acceptors (Lipinski definition) is 3. The molecule has 0 aliphatic carbocycles. The minimum Gasteiger partial charge on any atom is -0.343 e. The molecular weight excluding hydrogens is 368 g/mol. The fourth-order valence-electron chi connectivity index (χ4n) is 4.80. The van der Waals surface area contributed by atoms with E-state index in [0.717, 1.165) is 5.56 Å². The molecule has 0 radical (unpaired) electrons. The van der Waals surface area contributed by atoms with Crippen LogP contribution in [0.5, 0.6) is 0 Å². The Hall–Kier alpha value is -2.74. The van der Waals surface area contributed by atoms with Crippen molar-refractivity contribution in [3.63, 3.8) is 0 Å². The van der Waals surface area contributed by atoms with Crippen molar-refractivity contribution in [3.8, 4) is 0 Å². The van der Waals surface area contributed by atoms with Gasteiger partial charge in [-0.25, -0.2) is 0 Å². The van der Waals surface area contributed by atoms with Gasteiger partial charge in [0.05, 0.1) is 19.0 Å². The molecular formula is C20H19F2N3O3. The van der Waals surface area contributed by atoms with Crippen LogP contribution in [0.3, 0.4) is 0 Å². The van der Waals surface area contributed by atoms with Gasteiger partial charge in [0.2, 0.25) is 5.91 Å². The number of halogens is 2. The van der Waals surface area contributed by atoms with Gasteiger partial charge < -0.3 is 14.5 Å². The van der Waals surface area contributed by atoms with Crippen LogP contribution in [0, 0.1) is 0 Å². The van der Waals surface area contributed by atoms with Crippen molar-refractivity contribution < 1.29 is 23.1 Å². The van der Waals surface area contributed by atoms with Gasteiger partial charge in [0, 0.05) is 19.2 Å². The summed E-state index contributed by atoms with van der Waals surface area (Å²) >= 11 is 0. The predicted molar refractivity (Wildman–Crippen MR) is 94.5 cm³/mol. The number of benzene rings is 1. The first-order valence-electron chi connectivity index (χ1n) is 9.30. The highest BCUT2D eigenvalue weighted by molar-refractivity contribution is 5.94. The van der Waals surface area contributed by atoms with E-state index in [1.165, 1.54) is 23.2 Å². The van der Waals surface area contributed by atoms with Gasteiger partial charge in [-0.1, -0.05) is 30.3 Å². The van der Waals surface area contributed by atoms with Gasteiger partial charge in [0.15, 0.2) is 5.72 Å². The van der Waals surface area contributed by atoms with E-state index in [9.17, 15) is 18.4 Å². The van der Waals surface area contributed by atoms with E-state index in [1.807, 2.05) is 30.3 Å². The fraction of sp³-hybridized carbons (Fsp3) is 0.400. The number of ether oxygens (including phenoxy) is 1. The van der Waals surface area contributed by atoms with Gasteiger partial charge in [-0.15, -0.1) is 0 Å². The van der Waals surface area contributed by atoms with Crippen molar-refractivity contribution in [2.24, 2.45) is 0 Å². The minimum absolute atomic E-state index is 0.0647. The van der Waals surface area contributed by atoms with Crippen molar-refractivity contribution in [2.45, 2.75) is 37.3 Å². The number of alkyl halides is 2. The Bertz CT molecular complexity index is 932. The zero-order chi connectivity index (χ0) is 19.5. The van der Waals surface area contributed by atoms with E-state index >= 15 is 0 Å². The van der Waals surface area contributed by atoms with Gasteiger partial charge >= 0.3 is 6.55 Å². The molecule has 3 saturated heterocycles. The summed E-state index contributed by atoms with van der Waals surface area (Å²) in [5, 5.41) is 0. The number of nitrogens with zero attached hydrogens (tertiary/aromatic N) is 3. The molecule has 0 bridgehead atoms. The lowest BCUT2D eigenvalue weighted by Crippen LogP contribution is -2.49. The third-order valence-electron chi connectivity index (χ3n) is 6.07. The maximum absolute atomic E-state index is 13.2. The molecule has 3 atom stereocenters. The molecule has 3 fully saturated rings. The Labute approximate surface area is 160 Å². The van der Waals surface area contributed by atoms with E-state index < -0.39 is 24.2 Å². The average Bonchev–Trinajstić information content (AvgIpc) is 3.43. The monoisotopic (exact) mass is 387 g/mol. The summed E-state index contributed by atoms with van der Waals surface area (Å²) in [5.41, 5.74) is 0.0416. The van der Waals surface area contributed by atoms with Crippen molar-refractivity contribution in [3.05, 3.63) is 59.9 Å². The van der Waals surface area contributed by atoms with Crippen LogP contribution in [-0.2, 0) is 9.53 Å². The van der Waals surface area contributed by atoms with Gasteiger partial charge in [0.25, 0.3) is 5.91 Å². The summed E-state index contributed by atoms with van der Waals surface area (Å²) < 4.78 is 33.4. The number of likely N-dealkylation sites (tertiary alicyclic amines) is 1. The zero-order valence-electron chi connectivity index (χ0n) is 15.0.